The molecule has 0 spiro atoms. The van der Waals surface area contributed by atoms with Gasteiger partial charge in [0.25, 0.3) is 5.91 Å². The zero-order valence-electron chi connectivity index (χ0n) is 19.4. The normalized spacial score (nSPS) is 18.8. The third kappa shape index (κ3) is 5.38. The van der Waals surface area contributed by atoms with Gasteiger partial charge in [-0.1, -0.05) is 24.3 Å². The minimum atomic E-state index is -0.519. The maximum atomic E-state index is 13.0. The molecule has 36 heavy (non-hydrogen) atoms. The molecule has 0 aliphatic carbocycles. The minimum Gasteiger partial charge on any atom is -0.489 e. The van der Waals surface area contributed by atoms with Crippen molar-refractivity contribution in [3.8, 4) is 5.75 Å². The number of hydrogen-bond acceptors (Lipinski definition) is 6. The number of aliphatic imine (C=N–C) groups is 1. The van der Waals surface area contributed by atoms with E-state index < -0.39 is 5.91 Å². The number of carbonyl (C=O) groups excluding carboxylic acids is 2. The number of nitrogens with zero attached hydrogens (tertiary/aromatic N) is 4. The molecular formula is C26H24FN5O3S. The van der Waals surface area contributed by atoms with Gasteiger partial charge in [0, 0.05) is 13.1 Å². The number of amidine groups is 2. The Balaban J connectivity index is 1.24. The number of likely N-dealkylation sites (tertiary alicyclic amines) is 1. The van der Waals surface area contributed by atoms with Crippen molar-refractivity contribution in [2.75, 3.05) is 13.1 Å². The number of carbonyl (C=O) groups is 2. The zero-order chi connectivity index (χ0) is 25.1. The lowest BCUT2D eigenvalue weighted by molar-refractivity contribution is -0.130. The summed E-state index contributed by atoms with van der Waals surface area (Å²) in [5, 5.41) is 15.1. The molecule has 0 saturated carbocycles. The first-order valence-electron chi connectivity index (χ1n) is 11.7. The summed E-state index contributed by atoms with van der Waals surface area (Å²) in [6.07, 6.45) is 4.90. The van der Waals surface area contributed by atoms with Crippen LogP contribution in [0.1, 0.15) is 36.8 Å². The van der Waals surface area contributed by atoms with Crippen LogP contribution in [0, 0.1) is 11.2 Å². The van der Waals surface area contributed by atoms with Crippen molar-refractivity contribution in [3.05, 3.63) is 71.0 Å². The van der Waals surface area contributed by atoms with Gasteiger partial charge in [-0.3, -0.25) is 15.0 Å². The standard InChI is InChI=1S/C26H24FN5O3S/c27-19-8-4-18(5-9-19)16-35-20-10-6-17(7-11-20)14-21-24(28)32-26(29-25(21)34)36-22(30-32)15-23(33)31-12-2-1-3-13-31/h4-11,14,28H,1-3,12-13,15-16H2/b21-14-,28-24?. The molecule has 3 heterocycles. The summed E-state index contributed by atoms with van der Waals surface area (Å²) < 4.78 is 18.8. The fourth-order valence-corrected chi connectivity index (χ4v) is 4.94. The molecule has 1 fully saturated rings. The predicted molar refractivity (Wildman–Crippen MR) is 137 cm³/mol. The topological polar surface area (TPSA) is 98.4 Å². The van der Waals surface area contributed by atoms with E-state index in [4.69, 9.17) is 10.1 Å². The summed E-state index contributed by atoms with van der Waals surface area (Å²) in [5.41, 5.74) is 1.66. The summed E-state index contributed by atoms with van der Waals surface area (Å²) in [7, 11) is 0. The molecular weight excluding hydrogens is 481 g/mol. The Labute approximate surface area is 212 Å². The van der Waals surface area contributed by atoms with E-state index in [9.17, 15) is 14.0 Å². The van der Waals surface area contributed by atoms with Crippen molar-refractivity contribution in [2.45, 2.75) is 32.3 Å². The summed E-state index contributed by atoms with van der Waals surface area (Å²) in [6.45, 7) is 1.83. The molecule has 0 aromatic heterocycles. The van der Waals surface area contributed by atoms with Gasteiger partial charge in [-0.05, 0) is 72.5 Å². The number of fused-ring (bicyclic) bond motifs is 1. The highest BCUT2D eigenvalue weighted by Gasteiger charge is 2.36. The predicted octanol–water partition coefficient (Wildman–Crippen LogP) is 4.43. The first-order chi connectivity index (χ1) is 17.5. The van der Waals surface area contributed by atoms with Gasteiger partial charge in [0.2, 0.25) is 11.1 Å². The largest absolute Gasteiger partial charge is 0.489 e. The highest BCUT2D eigenvalue weighted by molar-refractivity contribution is 8.27. The number of benzene rings is 2. The lowest BCUT2D eigenvalue weighted by Gasteiger charge is -2.26. The fraction of sp³-hybridized carbons (Fsp3) is 0.269. The van der Waals surface area contributed by atoms with E-state index in [0.29, 0.717) is 28.1 Å². The molecule has 3 aliphatic rings. The molecule has 0 atom stereocenters. The molecule has 10 heteroatoms. The summed E-state index contributed by atoms with van der Waals surface area (Å²) in [5.74, 6) is -0.258. The van der Waals surface area contributed by atoms with Crippen molar-refractivity contribution < 1.29 is 18.7 Å². The number of hydrogen-bond donors (Lipinski definition) is 1. The van der Waals surface area contributed by atoms with Gasteiger partial charge in [-0.2, -0.15) is 15.1 Å². The monoisotopic (exact) mass is 505 g/mol. The Bertz CT molecular complexity index is 1280. The number of amides is 2. The van der Waals surface area contributed by atoms with Gasteiger partial charge >= 0.3 is 0 Å². The third-order valence-electron chi connectivity index (χ3n) is 6.02. The van der Waals surface area contributed by atoms with Crippen molar-refractivity contribution in [2.24, 2.45) is 10.1 Å². The quantitative estimate of drug-likeness (QED) is 0.586. The van der Waals surface area contributed by atoms with Gasteiger partial charge in [0.1, 0.15) is 23.2 Å². The number of nitrogens with one attached hydrogen (secondary N) is 1. The zero-order valence-corrected chi connectivity index (χ0v) is 20.3. The van der Waals surface area contributed by atoms with Gasteiger partial charge in [0.15, 0.2) is 5.84 Å². The molecule has 5 rings (SSSR count). The summed E-state index contributed by atoms with van der Waals surface area (Å²) in [4.78, 5) is 31.2. The highest BCUT2D eigenvalue weighted by atomic mass is 32.2. The van der Waals surface area contributed by atoms with Crippen LogP contribution in [0.4, 0.5) is 4.39 Å². The number of piperidine rings is 1. The van der Waals surface area contributed by atoms with Crippen molar-refractivity contribution in [3.63, 3.8) is 0 Å². The molecule has 2 amide bonds. The number of hydrazone groups is 1. The van der Waals surface area contributed by atoms with E-state index in [2.05, 4.69) is 10.1 Å². The SMILES string of the molecule is N=C1/C(=C/c2ccc(OCc3ccc(F)cc3)cc2)C(=O)N=C2SC(CC(=O)N3CCCCC3)=NN12. The third-order valence-corrected chi connectivity index (χ3v) is 6.93. The van der Waals surface area contributed by atoms with Crippen LogP contribution >= 0.6 is 11.8 Å². The molecule has 184 valence electrons. The molecule has 0 bridgehead atoms. The average Bonchev–Trinajstić information content (AvgIpc) is 3.29. The van der Waals surface area contributed by atoms with E-state index in [1.54, 1.807) is 42.5 Å². The fourth-order valence-electron chi connectivity index (χ4n) is 4.06. The molecule has 3 aliphatic heterocycles. The Morgan fingerprint density at radius 2 is 1.81 bits per heavy atom. The molecule has 0 radical (unpaired) electrons. The van der Waals surface area contributed by atoms with E-state index in [1.165, 1.54) is 17.1 Å². The molecule has 1 N–H and O–H groups in total. The van der Waals surface area contributed by atoms with E-state index >= 15 is 0 Å². The maximum Gasteiger partial charge on any atom is 0.283 e. The van der Waals surface area contributed by atoms with Crippen LogP contribution < -0.4 is 4.74 Å². The maximum absolute atomic E-state index is 13.0. The summed E-state index contributed by atoms with van der Waals surface area (Å²) in [6, 6.07) is 13.2. The van der Waals surface area contributed by atoms with Crippen molar-refractivity contribution in [1.82, 2.24) is 9.91 Å². The van der Waals surface area contributed by atoms with E-state index in [-0.39, 0.29) is 29.6 Å². The smallest absolute Gasteiger partial charge is 0.283 e. The van der Waals surface area contributed by atoms with E-state index in [0.717, 1.165) is 49.7 Å². The molecule has 2 aromatic rings. The first kappa shape index (κ1) is 23.9. The second-order valence-corrected chi connectivity index (χ2v) is 9.66. The highest BCUT2D eigenvalue weighted by Crippen LogP contribution is 2.30. The number of ether oxygens (including phenoxy) is 1. The number of halogens is 1. The van der Waals surface area contributed by atoms with Gasteiger partial charge in [0.05, 0.1) is 12.0 Å². The lowest BCUT2D eigenvalue weighted by atomic mass is 10.1. The minimum absolute atomic E-state index is 0.0109. The van der Waals surface area contributed by atoms with Crippen LogP contribution in [0.15, 0.2) is 64.2 Å². The van der Waals surface area contributed by atoms with Crippen LogP contribution in [0.3, 0.4) is 0 Å². The molecule has 1 saturated heterocycles. The van der Waals surface area contributed by atoms with Crippen LogP contribution in [0.25, 0.3) is 6.08 Å². The van der Waals surface area contributed by atoms with Crippen LogP contribution in [0.5, 0.6) is 5.75 Å². The van der Waals surface area contributed by atoms with Crippen LogP contribution in [-0.2, 0) is 16.2 Å². The average molecular weight is 506 g/mol. The lowest BCUT2D eigenvalue weighted by Crippen LogP contribution is -2.36. The van der Waals surface area contributed by atoms with Crippen LogP contribution in [-0.4, -0.2) is 50.9 Å². The molecule has 8 nitrogen and oxygen atoms in total. The number of thioether (sulfide) groups is 1. The molecule has 2 aromatic carbocycles. The van der Waals surface area contributed by atoms with Gasteiger partial charge < -0.3 is 9.64 Å². The van der Waals surface area contributed by atoms with Gasteiger partial charge in [-0.25, -0.2) is 4.39 Å². The Kier molecular flexibility index (Phi) is 6.95. The van der Waals surface area contributed by atoms with Crippen molar-refractivity contribution in [1.29, 1.82) is 5.41 Å². The first-order valence-corrected chi connectivity index (χ1v) is 12.5. The second kappa shape index (κ2) is 10.4. The molecule has 0 unspecified atom stereocenters. The van der Waals surface area contributed by atoms with Gasteiger partial charge in [-0.15, -0.1) is 0 Å². The Morgan fingerprint density at radius 3 is 2.53 bits per heavy atom. The second-order valence-electron chi connectivity index (χ2n) is 8.62. The Hall–Kier alpha value is -3.79. The van der Waals surface area contributed by atoms with Crippen molar-refractivity contribution >= 4 is 45.7 Å². The Morgan fingerprint density at radius 1 is 1.08 bits per heavy atom. The van der Waals surface area contributed by atoms with E-state index in [1.807, 2.05) is 4.90 Å². The van der Waals surface area contributed by atoms with Crippen LogP contribution in [0.2, 0.25) is 0 Å². The number of rotatable bonds is 6. The summed E-state index contributed by atoms with van der Waals surface area (Å²) >= 11 is 1.16.